The van der Waals surface area contributed by atoms with Gasteiger partial charge in [-0.2, -0.15) is 5.26 Å². The van der Waals surface area contributed by atoms with Crippen LogP contribution >= 0.6 is 0 Å². The van der Waals surface area contributed by atoms with Crippen molar-refractivity contribution < 1.29 is 23.1 Å². The van der Waals surface area contributed by atoms with E-state index in [1.807, 2.05) is 12.1 Å². The number of carboxylic acids is 1. The van der Waals surface area contributed by atoms with Crippen molar-refractivity contribution in [3.8, 4) is 29.2 Å². The number of fused-ring (bicyclic) bond motifs is 4. The topological polar surface area (TPSA) is 102 Å². The summed E-state index contributed by atoms with van der Waals surface area (Å²) in [5, 5.41) is 23.3. The van der Waals surface area contributed by atoms with Crippen LogP contribution < -0.4 is 5.32 Å². The highest BCUT2D eigenvalue weighted by Gasteiger charge is 2.47. The molecule has 0 unspecified atom stereocenters. The van der Waals surface area contributed by atoms with E-state index in [0.717, 1.165) is 37.8 Å². The Bertz CT molecular complexity index is 1740. The lowest BCUT2D eigenvalue weighted by molar-refractivity contribution is -0.148. The van der Waals surface area contributed by atoms with E-state index in [4.69, 9.17) is 0 Å². The number of benzene rings is 2. The van der Waals surface area contributed by atoms with Gasteiger partial charge in [0, 0.05) is 34.8 Å². The number of H-pyrrole nitrogens is 1. The van der Waals surface area contributed by atoms with Crippen LogP contribution in [0.5, 0.6) is 0 Å². The molecule has 3 fully saturated rings. The average Bonchev–Trinajstić information content (AvgIpc) is 3.38. The second-order valence-electron chi connectivity index (χ2n) is 10.3. The van der Waals surface area contributed by atoms with Crippen LogP contribution in [-0.4, -0.2) is 27.1 Å². The van der Waals surface area contributed by atoms with E-state index >= 15 is 4.39 Å². The van der Waals surface area contributed by atoms with Gasteiger partial charge in [-0.15, -0.1) is 0 Å². The fourth-order valence-corrected chi connectivity index (χ4v) is 6.26. The number of carboxylic acid groups (broad SMARTS) is 1. The Balaban J connectivity index is 1.56. The van der Waals surface area contributed by atoms with Gasteiger partial charge < -0.3 is 15.4 Å². The minimum absolute atomic E-state index is 0.00775. The number of aromatic amines is 1. The zero-order valence-electron chi connectivity index (χ0n) is 21.1. The minimum atomic E-state index is -0.951. The van der Waals surface area contributed by atoms with Crippen LogP contribution in [0.4, 0.5) is 19.0 Å². The van der Waals surface area contributed by atoms with Crippen LogP contribution in [0.15, 0.2) is 48.7 Å². The first-order valence-corrected chi connectivity index (χ1v) is 13.0. The number of nitriles is 1. The molecule has 2 aromatic carbocycles. The molecule has 2 bridgehead atoms. The summed E-state index contributed by atoms with van der Waals surface area (Å²) < 4.78 is 44.9. The smallest absolute Gasteiger partial charge is 0.308 e. The molecule has 0 radical (unpaired) electrons. The van der Waals surface area contributed by atoms with E-state index < -0.39 is 35.4 Å². The van der Waals surface area contributed by atoms with Gasteiger partial charge in [0.15, 0.2) is 11.6 Å². The maximum atomic E-state index is 16.2. The number of nitrogens with one attached hydrogen (secondary N) is 2. The SMILES string of the molecule is N#Cc1c(-c2c[nH]c3c(F)cc(F)cc23)nc(N[C@@H]2C3CCC(CC3)[C@H]2C(=O)O)c(F)c1C#Cc1ccccc1. The molecule has 40 heavy (non-hydrogen) atoms. The van der Waals surface area contributed by atoms with E-state index in [1.54, 1.807) is 24.3 Å². The Hall–Kier alpha value is -4.76. The van der Waals surface area contributed by atoms with E-state index in [9.17, 15) is 23.9 Å². The third-order valence-corrected chi connectivity index (χ3v) is 8.12. The van der Waals surface area contributed by atoms with Gasteiger partial charge >= 0.3 is 5.97 Å². The van der Waals surface area contributed by atoms with Crippen molar-refractivity contribution in [3.63, 3.8) is 0 Å². The van der Waals surface area contributed by atoms with E-state index in [-0.39, 0.29) is 50.9 Å². The van der Waals surface area contributed by atoms with E-state index in [2.05, 4.69) is 27.1 Å². The summed E-state index contributed by atoms with van der Waals surface area (Å²) in [7, 11) is 0. The summed E-state index contributed by atoms with van der Waals surface area (Å²) in [5.41, 5.74) is 0.331. The van der Waals surface area contributed by atoms with Gasteiger partial charge in [-0.3, -0.25) is 4.79 Å². The lowest BCUT2D eigenvalue weighted by Crippen LogP contribution is -2.51. The highest BCUT2D eigenvalue weighted by Crippen LogP contribution is 2.47. The number of rotatable bonds is 4. The zero-order valence-corrected chi connectivity index (χ0v) is 21.1. The van der Waals surface area contributed by atoms with E-state index in [0.29, 0.717) is 5.56 Å². The standard InChI is InChI=1S/C31H23F3N4O2/c32-19-12-21-23(15-36-29(21)24(33)13-19)28-22(14-35)20(11-6-16-4-2-1-3-5-16)26(34)30(38-28)37-27-18-9-7-17(8-10-18)25(27)31(39)40/h1-5,12-13,15,17-18,25,27,36H,7-10H2,(H,37,38)(H,39,40)/t17?,18?,25-,27-/m1/s1. The molecule has 3 aliphatic carbocycles. The molecular weight excluding hydrogens is 517 g/mol. The van der Waals surface area contributed by atoms with Crippen LogP contribution in [0.1, 0.15) is 42.4 Å². The first-order chi connectivity index (χ1) is 19.4. The Kier molecular flexibility index (Phi) is 6.43. The number of hydrogen-bond acceptors (Lipinski definition) is 4. The van der Waals surface area contributed by atoms with Gasteiger partial charge in [0.2, 0.25) is 0 Å². The lowest BCUT2D eigenvalue weighted by atomic mass is 9.61. The van der Waals surface area contributed by atoms with Crippen molar-refractivity contribution in [1.29, 1.82) is 5.26 Å². The highest BCUT2D eigenvalue weighted by atomic mass is 19.1. The molecule has 2 aromatic heterocycles. The maximum absolute atomic E-state index is 16.2. The maximum Gasteiger partial charge on any atom is 0.308 e. The van der Waals surface area contributed by atoms with Crippen molar-refractivity contribution in [3.05, 3.63) is 82.8 Å². The van der Waals surface area contributed by atoms with Gasteiger partial charge in [-0.25, -0.2) is 18.2 Å². The van der Waals surface area contributed by atoms with Crippen LogP contribution in [-0.2, 0) is 4.79 Å². The number of anilines is 1. The molecule has 3 saturated carbocycles. The predicted molar refractivity (Wildman–Crippen MR) is 143 cm³/mol. The molecule has 3 N–H and O–H groups in total. The van der Waals surface area contributed by atoms with Crippen molar-refractivity contribution in [1.82, 2.24) is 9.97 Å². The molecule has 9 heteroatoms. The molecule has 200 valence electrons. The Labute approximate surface area is 227 Å². The summed E-state index contributed by atoms with van der Waals surface area (Å²) in [4.78, 5) is 19.4. The number of aromatic nitrogens is 2. The van der Waals surface area contributed by atoms with Crippen LogP contribution in [0.3, 0.4) is 0 Å². The van der Waals surface area contributed by atoms with Crippen molar-refractivity contribution in [2.24, 2.45) is 17.8 Å². The molecule has 2 atom stereocenters. The molecule has 0 aliphatic heterocycles. The minimum Gasteiger partial charge on any atom is -0.481 e. The van der Waals surface area contributed by atoms with Gasteiger partial charge in [0.1, 0.15) is 17.7 Å². The third-order valence-electron chi connectivity index (χ3n) is 8.12. The van der Waals surface area contributed by atoms with Gasteiger partial charge in [0.05, 0.1) is 28.3 Å². The summed E-state index contributed by atoms with van der Waals surface area (Å²) in [6.45, 7) is 0. The first kappa shape index (κ1) is 25.5. The van der Waals surface area contributed by atoms with Crippen LogP contribution in [0.25, 0.3) is 22.2 Å². The molecule has 4 aromatic rings. The van der Waals surface area contributed by atoms with Crippen LogP contribution in [0.2, 0.25) is 0 Å². The van der Waals surface area contributed by atoms with Crippen molar-refractivity contribution >= 4 is 22.7 Å². The normalized spacial score (nSPS) is 21.4. The number of hydrogen-bond donors (Lipinski definition) is 3. The zero-order chi connectivity index (χ0) is 28.0. The summed E-state index contributed by atoms with van der Waals surface area (Å²) >= 11 is 0. The third kappa shape index (κ3) is 4.34. The summed E-state index contributed by atoms with van der Waals surface area (Å²) in [6, 6.07) is 12.1. The Morgan fingerprint density at radius 3 is 2.45 bits per heavy atom. The molecule has 3 aliphatic rings. The highest BCUT2D eigenvalue weighted by molar-refractivity contribution is 5.97. The molecular formula is C31H23F3N4O2. The van der Waals surface area contributed by atoms with Gasteiger partial charge in [-0.05, 0) is 55.7 Å². The number of halogens is 3. The van der Waals surface area contributed by atoms with Gasteiger partial charge in [0.25, 0.3) is 0 Å². The predicted octanol–water partition coefficient (Wildman–Crippen LogP) is 6.22. The largest absolute Gasteiger partial charge is 0.481 e. The number of pyridine rings is 1. The number of nitrogens with zero attached hydrogens (tertiary/aromatic N) is 2. The fourth-order valence-electron chi connectivity index (χ4n) is 6.26. The molecule has 0 saturated heterocycles. The molecule has 0 spiro atoms. The average molecular weight is 541 g/mol. The molecule has 7 rings (SSSR count). The van der Waals surface area contributed by atoms with Gasteiger partial charge in [-0.1, -0.05) is 30.0 Å². The Morgan fingerprint density at radius 1 is 1.02 bits per heavy atom. The van der Waals surface area contributed by atoms with E-state index in [1.165, 1.54) is 6.20 Å². The Morgan fingerprint density at radius 2 is 1.75 bits per heavy atom. The monoisotopic (exact) mass is 540 g/mol. The quantitative estimate of drug-likeness (QED) is 0.267. The molecule has 0 amide bonds. The second-order valence-corrected chi connectivity index (χ2v) is 10.3. The van der Waals surface area contributed by atoms with Crippen molar-refractivity contribution in [2.45, 2.75) is 31.7 Å². The van der Waals surface area contributed by atoms with Crippen molar-refractivity contribution in [2.75, 3.05) is 5.32 Å². The fraction of sp³-hybridized carbons (Fsp3) is 0.258. The summed E-state index contributed by atoms with van der Waals surface area (Å²) in [5.74, 6) is 1.17. The summed E-state index contributed by atoms with van der Waals surface area (Å²) in [6.07, 6.45) is 4.62. The van der Waals surface area contributed by atoms with Crippen LogP contribution in [0, 0.1) is 58.4 Å². The first-order valence-electron chi connectivity index (χ1n) is 13.0. The number of carbonyl (C=O) groups is 1. The molecule has 2 heterocycles. The second kappa shape index (κ2) is 10.1. The number of aliphatic carboxylic acids is 1. The lowest BCUT2D eigenvalue weighted by Gasteiger charge is -2.47. The molecule has 6 nitrogen and oxygen atoms in total.